The lowest BCUT2D eigenvalue weighted by molar-refractivity contribution is -0.138. The SMILES string of the molecule is CCNC(=O)CCCCCN1C(=O)CC(SCCCCCCC(=O)Nc2ccccc2)C1=O. The Morgan fingerprint density at radius 2 is 1.61 bits per heavy atom. The Morgan fingerprint density at radius 3 is 2.33 bits per heavy atom. The van der Waals surface area contributed by atoms with Gasteiger partial charge in [-0.2, -0.15) is 0 Å². The molecule has 1 aliphatic rings. The van der Waals surface area contributed by atoms with E-state index in [4.69, 9.17) is 0 Å². The summed E-state index contributed by atoms with van der Waals surface area (Å²) >= 11 is 1.57. The first kappa shape index (κ1) is 26.9. The molecule has 0 aromatic heterocycles. The Kier molecular flexibility index (Phi) is 12.6. The Hall–Kier alpha value is -2.35. The minimum Gasteiger partial charge on any atom is -0.356 e. The van der Waals surface area contributed by atoms with Crippen LogP contribution in [0.5, 0.6) is 0 Å². The van der Waals surface area contributed by atoms with Crippen LogP contribution in [-0.2, 0) is 19.2 Å². The zero-order valence-electron chi connectivity index (χ0n) is 19.6. The summed E-state index contributed by atoms with van der Waals surface area (Å²) in [5.41, 5.74) is 0.822. The number of nitrogens with zero attached hydrogens (tertiary/aromatic N) is 1. The number of hydrogen-bond donors (Lipinski definition) is 2. The highest BCUT2D eigenvalue weighted by Crippen LogP contribution is 2.26. The molecular formula is C25H37N3O4S. The van der Waals surface area contributed by atoms with Gasteiger partial charge in [0.15, 0.2) is 0 Å². The zero-order chi connectivity index (χ0) is 23.9. The molecule has 1 aromatic carbocycles. The van der Waals surface area contributed by atoms with Crippen LogP contribution in [0.25, 0.3) is 0 Å². The maximum atomic E-state index is 12.5. The maximum absolute atomic E-state index is 12.5. The number of hydrogen-bond acceptors (Lipinski definition) is 5. The number of amides is 4. The molecule has 1 atom stereocenters. The van der Waals surface area contributed by atoms with Crippen molar-refractivity contribution in [2.24, 2.45) is 0 Å². The summed E-state index contributed by atoms with van der Waals surface area (Å²) in [6, 6.07) is 9.45. The number of rotatable bonds is 16. The molecule has 0 aliphatic carbocycles. The van der Waals surface area contributed by atoms with Crippen LogP contribution < -0.4 is 10.6 Å². The first-order valence-corrected chi connectivity index (χ1v) is 13.1. The van der Waals surface area contributed by atoms with E-state index in [-0.39, 0.29) is 28.9 Å². The fourth-order valence-electron chi connectivity index (χ4n) is 3.75. The third-order valence-corrected chi connectivity index (χ3v) is 6.83. The van der Waals surface area contributed by atoms with Crippen molar-refractivity contribution in [1.82, 2.24) is 10.2 Å². The van der Waals surface area contributed by atoms with Crippen molar-refractivity contribution in [2.45, 2.75) is 76.4 Å². The highest BCUT2D eigenvalue weighted by atomic mass is 32.2. The van der Waals surface area contributed by atoms with Crippen LogP contribution in [0.3, 0.4) is 0 Å². The van der Waals surface area contributed by atoms with E-state index in [2.05, 4.69) is 10.6 Å². The van der Waals surface area contributed by atoms with Gasteiger partial charge in [0.05, 0.1) is 5.25 Å². The fraction of sp³-hybridized carbons (Fsp3) is 0.600. The first-order valence-electron chi connectivity index (χ1n) is 12.1. The summed E-state index contributed by atoms with van der Waals surface area (Å²) in [4.78, 5) is 49.5. The number of likely N-dealkylation sites (tertiary alicyclic amines) is 1. The van der Waals surface area contributed by atoms with Crippen LogP contribution >= 0.6 is 11.8 Å². The van der Waals surface area contributed by atoms with E-state index in [1.807, 2.05) is 37.3 Å². The Labute approximate surface area is 201 Å². The summed E-state index contributed by atoms with van der Waals surface area (Å²) in [6.45, 7) is 2.99. The van der Waals surface area contributed by atoms with Crippen LogP contribution in [0.15, 0.2) is 30.3 Å². The molecule has 1 unspecified atom stereocenters. The standard InChI is InChI=1S/C25H37N3O4S/c1-2-26-22(29)15-10-6-11-17-28-24(31)19-21(25(28)32)33-18-12-4-3-9-16-23(30)27-20-13-7-5-8-14-20/h5,7-8,13-14,21H,2-4,6,9-12,15-19H2,1H3,(H,26,29)(H,27,30). The van der Waals surface area contributed by atoms with Gasteiger partial charge in [0.2, 0.25) is 23.6 Å². The lowest BCUT2D eigenvalue weighted by atomic mass is 10.1. The van der Waals surface area contributed by atoms with Crippen molar-refractivity contribution in [1.29, 1.82) is 0 Å². The number of unbranched alkanes of at least 4 members (excludes halogenated alkanes) is 5. The predicted octanol–water partition coefficient (Wildman–Crippen LogP) is 4.13. The van der Waals surface area contributed by atoms with Crippen LogP contribution in [0.2, 0.25) is 0 Å². The molecule has 0 saturated carbocycles. The largest absolute Gasteiger partial charge is 0.356 e. The van der Waals surface area contributed by atoms with Crippen LogP contribution in [0, 0.1) is 0 Å². The molecule has 0 bridgehead atoms. The predicted molar refractivity (Wildman–Crippen MR) is 133 cm³/mol. The van der Waals surface area contributed by atoms with E-state index in [9.17, 15) is 19.2 Å². The Balaban J connectivity index is 1.50. The van der Waals surface area contributed by atoms with Gasteiger partial charge in [-0.1, -0.05) is 37.5 Å². The van der Waals surface area contributed by atoms with Gasteiger partial charge < -0.3 is 10.6 Å². The number of anilines is 1. The number of thioether (sulfide) groups is 1. The normalized spacial score (nSPS) is 15.7. The molecule has 4 amide bonds. The van der Waals surface area contributed by atoms with Crippen LogP contribution in [0.4, 0.5) is 5.69 Å². The van der Waals surface area contributed by atoms with Crippen molar-refractivity contribution in [3.8, 4) is 0 Å². The van der Waals surface area contributed by atoms with Gasteiger partial charge in [-0.05, 0) is 50.5 Å². The first-order chi connectivity index (χ1) is 16.0. The van der Waals surface area contributed by atoms with Crippen LogP contribution in [-0.4, -0.2) is 52.6 Å². The molecule has 1 aromatic rings. The molecule has 0 spiro atoms. The summed E-state index contributed by atoms with van der Waals surface area (Å²) in [5.74, 6) is 0.796. The summed E-state index contributed by atoms with van der Waals surface area (Å²) in [6.07, 6.45) is 7.44. The number of para-hydroxylation sites is 1. The minimum atomic E-state index is -0.260. The van der Waals surface area contributed by atoms with Gasteiger partial charge in [0.25, 0.3) is 0 Å². The van der Waals surface area contributed by atoms with E-state index in [1.54, 1.807) is 11.8 Å². The number of nitrogens with one attached hydrogen (secondary N) is 2. The van der Waals surface area contributed by atoms with Gasteiger partial charge in [-0.3, -0.25) is 24.1 Å². The second kappa shape index (κ2) is 15.5. The van der Waals surface area contributed by atoms with E-state index in [0.29, 0.717) is 32.4 Å². The van der Waals surface area contributed by atoms with Gasteiger partial charge >= 0.3 is 0 Å². The topological polar surface area (TPSA) is 95.6 Å². The highest BCUT2D eigenvalue weighted by Gasteiger charge is 2.38. The molecule has 33 heavy (non-hydrogen) atoms. The number of benzene rings is 1. The monoisotopic (exact) mass is 475 g/mol. The summed E-state index contributed by atoms with van der Waals surface area (Å²) in [5, 5.41) is 5.40. The van der Waals surface area contributed by atoms with Crippen molar-refractivity contribution in [2.75, 3.05) is 24.2 Å². The van der Waals surface area contributed by atoms with E-state index >= 15 is 0 Å². The molecular weight excluding hydrogens is 438 g/mol. The molecule has 8 heteroatoms. The van der Waals surface area contributed by atoms with Gasteiger partial charge in [-0.15, -0.1) is 11.8 Å². The Bertz CT molecular complexity index is 772. The number of carbonyl (C=O) groups is 4. The van der Waals surface area contributed by atoms with Crippen molar-refractivity contribution < 1.29 is 19.2 Å². The molecule has 1 heterocycles. The number of imide groups is 1. The lowest BCUT2D eigenvalue weighted by Crippen LogP contribution is -2.32. The fourth-order valence-corrected chi connectivity index (χ4v) is 4.93. The van der Waals surface area contributed by atoms with Gasteiger partial charge in [-0.25, -0.2) is 0 Å². The summed E-state index contributed by atoms with van der Waals surface area (Å²) < 4.78 is 0. The average molecular weight is 476 g/mol. The quantitative estimate of drug-likeness (QED) is 0.277. The molecule has 1 fully saturated rings. The van der Waals surface area contributed by atoms with Gasteiger partial charge in [0, 0.05) is 38.0 Å². The highest BCUT2D eigenvalue weighted by molar-refractivity contribution is 8.00. The molecule has 0 radical (unpaired) electrons. The third-order valence-electron chi connectivity index (χ3n) is 5.54. The molecule has 1 saturated heterocycles. The zero-order valence-corrected chi connectivity index (χ0v) is 20.5. The van der Waals surface area contributed by atoms with E-state index < -0.39 is 0 Å². The molecule has 7 nitrogen and oxygen atoms in total. The number of carbonyl (C=O) groups excluding carboxylic acids is 4. The van der Waals surface area contributed by atoms with E-state index in [1.165, 1.54) is 4.90 Å². The van der Waals surface area contributed by atoms with Crippen molar-refractivity contribution in [3.05, 3.63) is 30.3 Å². The van der Waals surface area contributed by atoms with Crippen molar-refractivity contribution in [3.63, 3.8) is 0 Å². The minimum absolute atomic E-state index is 0.0370. The molecule has 2 rings (SSSR count). The van der Waals surface area contributed by atoms with Gasteiger partial charge in [0.1, 0.15) is 0 Å². The van der Waals surface area contributed by atoms with E-state index in [0.717, 1.165) is 56.4 Å². The molecule has 1 aliphatic heterocycles. The summed E-state index contributed by atoms with van der Waals surface area (Å²) in [7, 11) is 0. The third kappa shape index (κ3) is 10.4. The Morgan fingerprint density at radius 1 is 0.939 bits per heavy atom. The van der Waals surface area contributed by atoms with Crippen LogP contribution in [0.1, 0.15) is 71.1 Å². The molecule has 182 valence electrons. The lowest BCUT2D eigenvalue weighted by Gasteiger charge is -2.14. The second-order valence-corrected chi connectivity index (χ2v) is 9.60. The average Bonchev–Trinajstić information content (AvgIpc) is 3.06. The smallest absolute Gasteiger partial charge is 0.242 e. The maximum Gasteiger partial charge on any atom is 0.242 e. The van der Waals surface area contributed by atoms with Crippen molar-refractivity contribution >= 4 is 41.1 Å². The second-order valence-electron chi connectivity index (χ2n) is 8.29. The molecule has 2 N–H and O–H groups in total.